The molecule has 1 unspecified atom stereocenters. The van der Waals surface area contributed by atoms with Crippen molar-refractivity contribution in [1.29, 1.82) is 0 Å². The summed E-state index contributed by atoms with van der Waals surface area (Å²) in [5, 5.41) is 3.00. The lowest BCUT2D eigenvalue weighted by atomic mass is 10.2. The summed E-state index contributed by atoms with van der Waals surface area (Å²) in [7, 11) is -0.00432. The molecule has 0 aliphatic rings. The molecule has 1 amide bonds. The van der Waals surface area contributed by atoms with Gasteiger partial charge in [-0.2, -0.15) is 0 Å². The van der Waals surface area contributed by atoms with Crippen LogP contribution in [0.25, 0.3) is 0 Å². The van der Waals surface area contributed by atoms with E-state index < -0.39 is 10.8 Å². The predicted octanol–water partition coefficient (Wildman–Crippen LogP) is 4.24. The van der Waals surface area contributed by atoms with Crippen LogP contribution in [-0.4, -0.2) is 47.0 Å². The van der Waals surface area contributed by atoms with Gasteiger partial charge in [0.15, 0.2) is 0 Å². The van der Waals surface area contributed by atoms with Crippen LogP contribution in [0, 0.1) is 0 Å². The Morgan fingerprint density at radius 2 is 1.88 bits per heavy atom. The number of aromatic nitrogens is 2. The fraction of sp³-hybridized carbons (Fsp3) is 0.320. The molecule has 1 N–H and O–H groups in total. The van der Waals surface area contributed by atoms with Gasteiger partial charge in [0, 0.05) is 55.5 Å². The maximum absolute atomic E-state index is 13.3. The minimum absolute atomic E-state index is 0.137. The van der Waals surface area contributed by atoms with E-state index in [-0.39, 0.29) is 22.2 Å². The lowest BCUT2D eigenvalue weighted by molar-refractivity contribution is 0.102. The van der Waals surface area contributed by atoms with Gasteiger partial charge < -0.3 is 19.5 Å². The third-order valence-electron chi connectivity index (χ3n) is 4.77. The number of amides is 1. The second-order valence-corrected chi connectivity index (χ2v) is 8.69. The van der Waals surface area contributed by atoms with Crippen molar-refractivity contribution in [1.82, 2.24) is 9.97 Å². The van der Waals surface area contributed by atoms with Gasteiger partial charge >= 0.3 is 0 Å². The zero-order chi connectivity index (χ0) is 24.2. The molecule has 9 heteroatoms. The number of carbonyl (C=O) groups is 1. The average molecular weight is 484 g/mol. The maximum atomic E-state index is 13.3. The zero-order valence-corrected chi connectivity index (χ0v) is 20.2. The Bertz CT molecular complexity index is 1090. The number of nitrogens with zero attached hydrogens (tertiary/aromatic N) is 2. The molecular weight excluding hydrogens is 454 g/mol. The van der Waals surface area contributed by atoms with Gasteiger partial charge in [0.2, 0.25) is 0 Å². The largest absolute Gasteiger partial charge is 0.497 e. The van der Waals surface area contributed by atoms with E-state index in [1.165, 1.54) is 6.20 Å². The number of hydrogen-bond donors (Lipinski definition) is 1. The standard InChI is InChI=1S/C25H29N3O5S/c1-3-14-32-15-5-16-33-23-17-21(31-2)8-7-19(23)18-34(30)25-22(6-4-11-27-25)24(29)28-20-9-12-26-13-10-20/h4,6-13,17H,3,5,14-16,18H2,1-2H3,(H,26,28,29). The van der Waals surface area contributed by atoms with Crippen LogP contribution in [0.3, 0.4) is 0 Å². The molecule has 0 saturated heterocycles. The van der Waals surface area contributed by atoms with E-state index in [2.05, 4.69) is 22.2 Å². The number of methoxy groups -OCH3 is 1. The average Bonchev–Trinajstić information content (AvgIpc) is 2.87. The van der Waals surface area contributed by atoms with Gasteiger partial charge in [-0.1, -0.05) is 13.0 Å². The van der Waals surface area contributed by atoms with Gasteiger partial charge in [-0.15, -0.1) is 0 Å². The minimum atomic E-state index is -1.58. The predicted molar refractivity (Wildman–Crippen MR) is 131 cm³/mol. The number of carbonyl (C=O) groups excluding carboxylic acids is 1. The number of ether oxygens (including phenoxy) is 3. The summed E-state index contributed by atoms with van der Waals surface area (Å²) in [5.41, 5.74) is 1.58. The number of hydrogen-bond acceptors (Lipinski definition) is 7. The maximum Gasteiger partial charge on any atom is 0.258 e. The van der Waals surface area contributed by atoms with Crippen molar-refractivity contribution in [3.05, 3.63) is 72.2 Å². The SMILES string of the molecule is CCCOCCCOc1cc(OC)ccc1CS(=O)c1ncccc1C(=O)Nc1ccncc1. The Kier molecular flexibility index (Phi) is 9.99. The monoisotopic (exact) mass is 483 g/mol. The summed E-state index contributed by atoms with van der Waals surface area (Å²) in [6.07, 6.45) is 6.40. The second-order valence-electron chi connectivity index (χ2n) is 7.32. The van der Waals surface area contributed by atoms with Crippen molar-refractivity contribution in [2.24, 2.45) is 0 Å². The third kappa shape index (κ3) is 7.36. The number of nitrogens with one attached hydrogen (secondary N) is 1. The summed E-state index contributed by atoms with van der Waals surface area (Å²) >= 11 is 0. The molecule has 0 fully saturated rings. The van der Waals surface area contributed by atoms with Crippen molar-refractivity contribution in [3.8, 4) is 11.5 Å². The quantitative estimate of drug-likeness (QED) is 0.363. The molecule has 0 saturated carbocycles. The molecule has 1 aromatic carbocycles. The van der Waals surface area contributed by atoms with Crippen molar-refractivity contribution in [2.75, 3.05) is 32.2 Å². The Hall–Kier alpha value is -3.30. The fourth-order valence-electron chi connectivity index (χ4n) is 3.09. The third-order valence-corrected chi connectivity index (χ3v) is 6.10. The van der Waals surface area contributed by atoms with Crippen LogP contribution in [-0.2, 0) is 21.3 Å². The molecule has 8 nitrogen and oxygen atoms in total. The molecule has 180 valence electrons. The fourth-order valence-corrected chi connectivity index (χ4v) is 4.34. The van der Waals surface area contributed by atoms with E-state index in [4.69, 9.17) is 14.2 Å². The molecule has 0 spiro atoms. The van der Waals surface area contributed by atoms with Crippen LogP contribution in [0.1, 0.15) is 35.7 Å². The number of pyridine rings is 2. The number of benzene rings is 1. The molecule has 3 rings (SSSR count). The van der Waals surface area contributed by atoms with E-state index in [1.54, 1.807) is 55.9 Å². The topological polar surface area (TPSA) is 99.6 Å². The highest BCUT2D eigenvalue weighted by molar-refractivity contribution is 7.84. The highest BCUT2D eigenvalue weighted by Gasteiger charge is 2.19. The van der Waals surface area contributed by atoms with Crippen molar-refractivity contribution < 1.29 is 23.2 Å². The molecule has 0 radical (unpaired) electrons. The molecule has 2 heterocycles. The van der Waals surface area contributed by atoms with E-state index >= 15 is 0 Å². The van der Waals surface area contributed by atoms with E-state index in [0.29, 0.717) is 30.4 Å². The molecule has 0 bridgehead atoms. The van der Waals surface area contributed by atoms with Crippen LogP contribution in [0.15, 0.2) is 66.1 Å². The first-order chi connectivity index (χ1) is 16.6. The molecule has 34 heavy (non-hydrogen) atoms. The van der Waals surface area contributed by atoms with Gasteiger partial charge in [0.1, 0.15) is 16.5 Å². The smallest absolute Gasteiger partial charge is 0.258 e. The van der Waals surface area contributed by atoms with Crippen molar-refractivity contribution >= 4 is 22.4 Å². The molecule has 0 aliphatic heterocycles. The molecule has 3 aromatic rings. The van der Waals surface area contributed by atoms with Gasteiger partial charge in [-0.3, -0.25) is 14.0 Å². The van der Waals surface area contributed by atoms with Gasteiger partial charge in [-0.05, 0) is 36.8 Å². The van der Waals surface area contributed by atoms with E-state index in [1.807, 2.05) is 6.07 Å². The first-order valence-corrected chi connectivity index (χ1v) is 12.4. The van der Waals surface area contributed by atoms with Crippen LogP contribution >= 0.6 is 0 Å². The summed E-state index contributed by atoms with van der Waals surface area (Å²) in [4.78, 5) is 21.0. The molecule has 1 atom stereocenters. The lowest BCUT2D eigenvalue weighted by Gasteiger charge is -2.14. The Balaban J connectivity index is 1.73. The Morgan fingerprint density at radius 1 is 1.06 bits per heavy atom. The van der Waals surface area contributed by atoms with Crippen molar-refractivity contribution in [2.45, 2.75) is 30.5 Å². The van der Waals surface area contributed by atoms with Crippen LogP contribution in [0.2, 0.25) is 0 Å². The second kappa shape index (κ2) is 13.4. The highest BCUT2D eigenvalue weighted by Crippen LogP contribution is 2.28. The summed E-state index contributed by atoms with van der Waals surface area (Å²) in [5.74, 6) is 0.975. The highest BCUT2D eigenvalue weighted by atomic mass is 32.2. The summed E-state index contributed by atoms with van der Waals surface area (Å²) in [6, 6.07) is 12.0. The van der Waals surface area contributed by atoms with Crippen LogP contribution < -0.4 is 14.8 Å². The molecule has 0 aliphatic carbocycles. The van der Waals surface area contributed by atoms with Gasteiger partial charge in [-0.25, -0.2) is 4.98 Å². The van der Waals surface area contributed by atoms with Crippen molar-refractivity contribution in [3.63, 3.8) is 0 Å². The Morgan fingerprint density at radius 3 is 2.65 bits per heavy atom. The summed E-state index contributed by atoms with van der Waals surface area (Å²) in [6.45, 7) is 3.86. The zero-order valence-electron chi connectivity index (χ0n) is 19.4. The van der Waals surface area contributed by atoms with E-state index in [0.717, 1.165) is 25.0 Å². The summed E-state index contributed by atoms with van der Waals surface area (Å²) < 4.78 is 30.1. The van der Waals surface area contributed by atoms with Crippen LogP contribution in [0.4, 0.5) is 5.69 Å². The first kappa shape index (κ1) is 25.3. The van der Waals surface area contributed by atoms with Crippen LogP contribution in [0.5, 0.6) is 11.5 Å². The minimum Gasteiger partial charge on any atom is -0.497 e. The number of anilines is 1. The Labute approximate surface area is 202 Å². The van der Waals surface area contributed by atoms with Gasteiger partial charge in [0.05, 0.1) is 35.8 Å². The lowest BCUT2D eigenvalue weighted by Crippen LogP contribution is -2.16. The number of rotatable bonds is 13. The molecular formula is C25H29N3O5S. The van der Waals surface area contributed by atoms with E-state index in [9.17, 15) is 9.00 Å². The first-order valence-electron chi connectivity index (χ1n) is 11.0. The van der Waals surface area contributed by atoms with Gasteiger partial charge in [0.25, 0.3) is 5.91 Å². The molecule has 2 aromatic heterocycles. The normalized spacial score (nSPS) is 11.6.